The smallest absolute Gasteiger partial charge is 0.268 e. The molecule has 2 amide bonds. The Kier molecular flexibility index (Phi) is 5.50. The number of aliphatic hydroxyl groups excluding tert-OH is 1. The van der Waals surface area contributed by atoms with Gasteiger partial charge in [-0.2, -0.15) is 0 Å². The SMILES string of the molecule is O=C1C(SCCO)=C(c2cccs2)C(=O)N1CCc1ccccc1. The Morgan fingerprint density at radius 3 is 2.50 bits per heavy atom. The van der Waals surface area contributed by atoms with E-state index in [1.54, 1.807) is 0 Å². The molecule has 0 saturated heterocycles. The first-order chi connectivity index (χ1) is 11.7. The maximum Gasteiger partial charge on any atom is 0.268 e. The molecule has 1 aliphatic rings. The lowest BCUT2D eigenvalue weighted by Gasteiger charge is -2.14. The number of thioether (sulfide) groups is 1. The van der Waals surface area contributed by atoms with Crippen LogP contribution in [0, 0.1) is 0 Å². The Bertz CT molecular complexity index is 754. The van der Waals surface area contributed by atoms with E-state index in [4.69, 9.17) is 5.11 Å². The lowest BCUT2D eigenvalue weighted by Crippen LogP contribution is -2.33. The van der Waals surface area contributed by atoms with Gasteiger partial charge in [-0.15, -0.1) is 23.1 Å². The van der Waals surface area contributed by atoms with E-state index in [1.165, 1.54) is 28.0 Å². The first kappa shape index (κ1) is 17.0. The van der Waals surface area contributed by atoms with Crippen LogP contribution in [0.4, 0.5) is 0 Å². The van der Waals surface area contributed by atoms with Crippen molar-refractivity contribution in [3.63, 3.8) is 0 Å². The minimum Gasteiger partial charge on any atom is -0.396 e. The van der Waals surface area contributed by atoms with E-state index >= 15 is 0 Å². The quantitative estimate of drug-likeness (QED) is 0.773. The fourth-order valence-electron chi connectivity index (χ4n) is 2.56. The monoisotopic (exact) mass is 359 g/mol. The topological polar surface area (TPSA) is 57.6 Å². The minimum atomic E-state index is -0.252. The molecular formula is C18H17NO3S2. The highest BCUT2D eigenvalue weighted by Gasteiger charge is 2.39. The van der Waals surface area contributed by atoms with E-state index in [1.807, 2.05) is 47.8 Å². The Balaban J connectivity index is 1.81. The molecule has 0 aliphatic carbocycles. The van der Waals surface area contributed by atoms with Crippen LogP contribution in [0.15, 0.2) is 52.7 Å². The van der Waals surface area contributed by atoms with Gasteiger partial charge in [0.1, 0.15) is 0 Å². The van der Waals surface area contributed by atoms with Gasteiger partial charge in [-0.3, -0.25) is 14.5 Å². The average molecular weight is 359 g/mol. The second-order valence-corrected chi connectivity index (χ2v) is 7.30. The summed E-state index contributed by atoms with van der Waals surface area (Å²) < 4.78 is 0. The third-order valence-electron chi connectivity index (χ3n) is 3.70. The lowest BCUT2D eigenvalue weighted by molar-refractivity contribution is -0.136. The van der Waals surface area contributed by atoms with Crippen molar-refractivity contribution in [2.75, 3.05) is 18.9 Å². The normalized spacial score (nSPS) is 14.8. The first-order valence-corrected chi connectivity index (χ1v) is 9.51. The molecule has 0 radical (unpaired) electrons. The van der Waals surface area contributed by atoms with Crippen LogP contribution in [-0.4, -0.2) is 40.7 Å². The number of hydrogen-bond acceptors (Lipinski definition) is 5. The number of imide groups is 1. The lowest BCUT2D eigenvalue weighted by atomic mass is 10.1. The van der Waals surface area contributed by atoms with Crippen LogP contribution in [0.5, 0.6) is 0 Å². The second-order valence-electron chi connectivity index (χ2n) is 5.25. The minimum absolute atomic E-state index is 0.0304. The summed E-state index contributed by atoms with van der Waals surface area (Å²) in [6, 6.07) is 13.5. The van der Waals surface area contributed by atoms with Crippen molar-refractivity contribution in [2.24, 2.45) is 0 Å². The summed E-state index contributed by atoms with van der Waals surface area (Å²) in [5.74, 6) is -0.0907. The molecule has 1 aromatic heterocycles. The van der Waals surface area contributed by atoms with Gasteiger partial charge in [-0.1, -0.05) is 36.4 Å². The molecule has 0 unspecified atom stereocenters. The van der Waals surface area contributed by atoms with Crippen molar-refractivity contribution in [3.8, 4) is 0 Å². The summed E-state index contributed by atoms with van der Waals surface area (Å²) in [7, 11) is 0. The number of aliphatic hydroxyl groups is 1. The van der Waals surface area contributed by atoms with E-state index in [0.29, 0.717) is 29.2 Å². The number of carbonyl (C=O) groups is 2. The second kappa shape index (κ2) is 7.79. The molecule has 0 saturated carbocycles. The van der Waals surface area contributed by atoms with Crippen LogP contribution in [0.2, 0.25) is 0 Å². The van der Waals surface area contributed by atoms with E-state index in [9.17, 15) is 9.59 Å². The molecule has 0 bridgehead atoms. The highest BCUT2D eigenvalue weighted by Crippen LogP contribution is 2.37. The standard InChI is InChI=1S/C18H17NO3S2/c20-10-12-24-16-15(14-7-4-11-23-14)17(21)19(18(16)22)9-8-13-5-2-1-3-6-13/h1-7,11,20H,8-10,12H2. The number of carbonyl (C=O) groups excluding carboxylic acids is 2. The van der Waals surface area contributed by atoms with Crippen LogP contribution in [0.25, 0.3) is 5.57 Å². The van der Waals surface area contributed by atoms with E-state index < -0.39 is 0 Å². The van der Waals surface area contributed by atoms with E-state index in [-0.39, 0.29) is 18.4 Å². The predicted octanol–water partition coefficient (Wildman–Crippen LogP) is 2.80. The highest BCUT2D eigenvalue weighted by atomic mass is 32.2. The van der Waals surface area contributed by atoms with Crippen LogP contribution in [0.1, 0.15) is 10.4 Å². The van der Waals surface area contributed by atoms with Gasteiger partial charge < -0.3 is 5.11 Å². The number of thiophene rings is 1. The summed E-state index contributed by atoms with van der Waals surface area (Å²) in [6.07, 6.45) is 0.633. The summed E-state index contributed by atoms with van der Waals surface area (Å²) in [6.45, 7) is 0.330. The molecule has 6 heteroatoms. The summed E-state index contributed by atoms with van der Waals surface area (Å²) in [4.78, 5) is 28.1. The summed E-state index contributed by atoms with van der Waals surface area (Å²) in [5, 5.41) is 11.0. The van der Waals surface area contributed by atoms with Crippen molar-refractivity contribution in [1.29, 1.82) is 0 Å². The number of hydrogen-bond donors (Lipinski definition) is 1. The van der Waals surface area contributed by atoms with Gasteiger partial charge in [0.15, 0.2) is 0 Å². The summed E-state index contributed by atoms with van der Waals surface area (Å²) >= 11 is 2.70. The van der Waals surface area contributed by atoms with Crippen molar-refractivity contribution < 1.29 is 14.7 Å². The van der Waals surface area contributed by atoms with Crippen LogP contribution >= 0.6 is 23.1 Å². The Labute approximate surface area is 148 Å². The Morgan fingerprint density at radius 2 is 1.83 bits per heavy atom. The third kappa shape index (κ3) is 3.45. The van der Waals surface area contributed by atoms with E-state index in [2.05, 4.69) is 0 Å². The van der Waals surface area contributed by atoms with Gasteiger partial charge in [0.2, 0.25) is 0 Å². The van der Waals surface area contributed by atoms with Gasteiger partial charge in [0.25, 0.3) is 11.8 Å². The maximum atomic E-state index is 12.8. The van der Waals surface area contributed by atoms with Crippen LogP contribution < -0.4 is 0 Å². The molecule has 0 spiro atoms. The first-order valence-electron chi connectivity index (χ1n) is 7.64. The van der Waals surface area contributed by atoms with Crippen molar-refractivity contribution in [2.45, 2.75) is 6.42 Å². The van der Waals surface area contributed by atoms with Crippen molar-refractivity contribution in [3.05, 3.63) is 63.2 Å². The molecule has 2 heterocycles. The van der Waals surface area contributed by atoms with Gasteiger partial charge in [-0.25, -0.2) is 0 Å². The van der Waals surface area contributed by atoms with Gasteiger partial charge in [0, 0.05) is 17.2 Å². The zero-order valence-corrected chi connectivity index (χ0v) is 14.6. The van der Waals surface area contributed by atoms with Crippen molar-refractivity contribution in [1.82, 2.24) is 4.90 Å². The van der Waals surface area contributed by atoms with E-state index in [0.717, 1.165) is 10.4 Å². The molecule has 124 valence electrons. The third-order valence-corrected chi connectivity index (χ3v) is 5.64. The van der Waals surface area contributed by atoms with Gasteiger partial charge >= 0.3 is 0 Å². The van der Waals surface area contributed by atoms with Crippen LogP contribution in [0.3, 0.4) is 0 Å². The van der Waals surface area contributed by atoms with Crippen LogP contribution in [-0.2, 0) is 16.0 Å². The molecular weight excluding hydrogens is 342 g/mol. The van der Waals surface area contributed by atoms with Gasteiger partial charge in [0.05, 0.1) is 17.1 Å². The summed E-state index contributed by atoms with van der Waals surface area (Å²) in [5.41, 5.74) is 1.56. The predicted molar refractivity (Wildman–Crippen MR) is 97.6 cm³/mol. The molecule has 0 fully saturated rings. The van der Waals surface area contributed by atoms with Gasteiger partial charge in [-0.05, 0) is 23.4 Å². The van der Waals surface area contributed by atoms with Crippen molar-refractivity contribution >= 4 is 40.5 Å². The Hall–Kier alpha value is -1.89. The largest absolute Gasteiger partial charge is 0.396 e. The molecule has 24 heavy (non-hydrogen) atoms. The number of nitrogens with zero attached hydrogens (tertiary/aromatic N) is 1. The number of amides is 2. The highest BCUT2D eigenvalue weighted by molar-refractivity contribution is 8.04. The molecule has 1 aliphatic heterocycles. The molecule has 3 rings (SSSR count). The number of benzene rings is 1. The zero-order chi connectivity index (χ0) is 16.9. The Morgan fingerprint density at radius 1 is 1.04 bits per heavy atom. The fraction of sp³-hybridized carbons (Fsp3) is 0.222. The molecule has 0 atom stereocenters. The fourth-order valence-corrected chi connectivity index (χ4v) is 4.27. The average Bonchev–Trinajstić information content (AvgIpc) is 3.20. The molecule has 1 aromatic carbocycles. The zero-order valence-electron chi connectivity index (χ0n) is 13.0. The number of rotatable bonds is 7. The molecule has 2 aromatic rings. The maximum absolute atomic E-state index is 12.8. The molecule has 1 N–H and O–H groups in total. The molecule has 4 nitrogen and oxygen atoms in total.